The molecule has 2 rings (SSSR count). The normalized spacial score (nSPS) is 10.3. The van der Waals surface area contributed by atoms with Crippen molar-refractivity contribution in [2.24, 2.45) is 0 Å². The molecule has 0 amide bonds. The zero-order chi connectivity index (χ0) is 14.4. The number of hydrazine groups is 1. The minimum absolute atomic E-state index is 0.105. The number of benzene rings is 2. The number of anilines is 1. The van der Waals surface area contributed by atoms with E-state index >= 15 is 0 Å². The van der Waals surface area contributed by atoms with Gasteiger partial charge in [-0.15, -0.1) is 0 Å². The number of para-hydroxylation sites is 1. The maximum Gasteiger partial charge on any atom is 0.167 e. The van der Waals surface area contributed by atoms with E-state index in [1.54, 1.807) is 6.92 Å². The molecule has 5 heteroatoms. The van der Waals surface area contributed by atoms with Crippen LogP contribution in [-0.4, -0.2) is 6.61 Å². The minimum Gasteiger partial charge on any atom is -0.493 e. The highest BCUT2D eigenvalue weighted by Crippen LogP contribution is 2.23. The zero-order valence-corrected chi connectivity index (χ0v) is 11.1. The summed E-state index contributed by atoms with van der Waals surface area (Å²) in [5.41, 5.74) is 6.76. The Morgan fingerprint density at radius 2 is 1.80 bits per heavy atom. The van der Waals surface area contributed by atoms with Crippen LogP contribution < -0.4 is 15.6 Å². The summed E-state index contributed by atoms with van der Waals surface area (Å²) in [6.07, 6.45) is 0. The predicted octanol–water partition coefficient (Wildman–Crippen LogP) is 3.48. The first-order chi connectivity index (χ1) is 9.72. The molecule has 0 aliphatic rings. The molecule has 0 saturated carbocycles. The Kier molecular flexibility index (Phi) is 4.90. The van der Waals surface area contributed by atoms with Gasteiger partial charge in [0.15, 0.2) is 11.6 Å². The maximum atomic E-state index is 13.8. The highest BCUT2D eigenvalue weighted by molar-refractivity contribution is 5.42. The van der Waals surface area contributed by atoms with E-state index in [1.807, 2.05) is 30.3 Å². The van der Waals surface area contributed by atoms with Gasteiger partial charge in [0.2, 0.25) is 0 Å². The lowest BCUT2D eigenvalue weighted by atomic mass is 10.2. The van der Waals surface area contributed by atoms with Crippen molar-refractivity contribution in [2.75, 3.05) is 12.0 Å². The van der Waals surface area contributed by atoms with Gasteiger partial charge in [-0.3, -0.25) is 0 Å². The van der Waals surface area contributed by atoms with Gasteiger partial charge < -0.3 is 10.2 Å². The highest BCUT2D eigenvalue weighted by Gasteiger charge is 2.14. The van der Waals surface area contributed by atoms with Gasteiger partial charge in [-0.25, -0.2) is 14.2 Å². The van der Waals surface area contributed by atoms with Gasteiger partial charge in [-0.1, -0.05) is 18.2 Å². The Bertz CT molecular complexity index is 561. The Hall–Kier alpha value is -2.14. The van der Waals surface area contributed by atoms with Crippen LogP contribution in [0.1, 0.15) is 12.5 Å². The van der Waals surface area contributed by atoms with Crippen molar-refractivity contribution in [1.29, 1.82) is 0 Å². The molecule has 0 fully saturated rings. The molecule has 0 atom stereocenters. The van der Waals surface area contributed by atoms with Crippen LogP contribution in [0.5, 0.6) is 5.75 Å². The molecule has 0 aromatic heterocycles. The first-order valence-electron chi connectivity index (χ1n) is 6.36. The van der Waals surface area contributed by atoms with Gasteiger partial charge in [0.05, 0.1) is 6.61 Å². The molecule has 2 aromatic carbocycles. The van der Waals surface area contributed by atoms with Crippen LogP contribution in [0, 0.1) is 11.6 Å². The summed E-state index contributed by atoms with van der Waals surface area (Å²) in [6.45, 7) is 2.29. The van der Waals surface area contributed by atoms with Gasteiger partial charge >= 0.3 is 0 Å². The lowest BCUT2D eigenvalue weighted by molar-refractivity contribution is 0.330. The summed E-state index contributed by atoms with van der Waals surface area (Å²) in [4.78, 5) is 0. The van der Waals surface area contributed by atoms with Crippen molar-refractivity contribution in [2.45, 2.75) is 13.5 Å². The maximum absolute atomic E-state index is 13.8. The number of hydrogen-bond donors (Lipinski definition) is 2. The van der Waals surface area contributed by atoms with Crippen molar-refractivity contribution in [3.05, 3.63) is 59.7 Å². The monoisotopic (exact) mass is 278 g/mol. The molecule has 0 aliphatic heterocycles. The van der Waals surface area contributed by atoms with E-state index in [9.17, 15) is 8.78 Å². The molecule has 0 heterocycles. The van der Waals surface area contributed by atoms with Crippen LogP contribution in [0.3, 0.4) is 0 Å². The molecule has 2 aromatic rings. The van der Waals surface area contributed by atoms with Gasteiger partial charge in [-0.2, -0.15) is 0 Å². The Morgan fingerprint density at radius 1 is 1.05 bits per heavy atom. The third-order valence-corrected chi connectivity index (χ3v) is 2.72. The first-order valence-corrected chi connectivity index (χ1v) is 6.36. The molecule has 0 spiro atoms. The Balaban J connectivity index is 2.06. The molecule has 106 valence electrons. The van der Waals surface area contributed by atoms with E-state index in [-0.39, 0.29) is 12.1 Å². The van der Waals surface area contributed by atoms with Crippen molar-refractivity contribution >= 4 is 5.69 Å². The van der Waals surface area contributed by atoms with Crippen LogP contribution >= 0.6 is 0 Å². The molecule has 3 nitrogen and oxygen atoms in total. The topological polar surface area (TPSA) is 33.3 Å². The molecular formula is C15H16F2N2O. The lowest BCUT2D eigenvalue weighted by Gasteiger charge is -2.13. The average molecular weight is 278 g/mol. The number of ether oxygens (including phenoxy) is 1. The highest BCUT2D eigenvalue weighted by atomic mass is 19.2. The predicted molar refractivity (Wildman–Crippen MR) is 74.4 cm³/mol. The molecular weight excluding hydrogens is 262 g/mol. The summed E-state index contributed by atoms with van der Waals surface area (Å²) in [7, 11) is 0. The Morgan fingerprint density at radius 3 is 2.50 bits per heavy atom. The van der Waals surface area contributed by atoms with E-state index in [4.69, 9.17) is 4.74 Å². The van der Waals surface area contributed by atoms with Gasteiger partial charge in [0.1, 0.15) is 5.75 Å². The molecule has 0 radical (unpaired) electrons. The molecule has 2 N–H and O–H groups in total. The number of hydrogen-bond acceptors (Lipinski definition) is 3. The Labute approximate surface area is 116 Å². The molecule has 0 unspecified atom stereocenters. The number of nitrogens with one attached hydrogen (secondary N) is 2. The van der Waals surface area contributed by atoms with Crippen LogP contribution in [0.4, 0.5) is 14.5 Å². The van der Waals surface area contributed by atoms with E-state index < -0.39 is 11.6 Å². The SMILES string of the molecule is CCOc1ccc(F)c(F)c1CNNc1ccccc1. The molecule has 0 saturated heterocycles. The number of rotatable bonds is 6. The van der Waals surface area contributed by atoms with E-state index in [1.165, 1.54) is 6.07 Å². The zero-order valence-electron chi connectivity index (χ0n) is 11.1. The van der Waals surface area contributed by atoms with Gasteiger partial charge in [-0.05, 0) is 31.2 Å². The van der Waals surface area contributed by atoms with Crippen LogP contribution in [0.2, 0.25) is 0 Å². The minimum atomic E-state index is -0.890. The quantitative estimate of drug-likeness (QED) is 0.794. The fourth-order valence-electron chi connectivity index (χ4n) is 1.79. The third kappa shape index (κ3) is 3.45. The summed E-state index contributed by atoms with van der Waals surface area (Å²) in [5.74, 6) is -1.43. The van der Waals surface area contributed by atoms with Crippen LogP contribution in [0.25, 0.3) is 0 Å². The fraction of sp³-hybridized carbons (Fsp3) is 0.200. The number of halogens is 2. The second-order valence-corrected chi connectivity index (χ2v) is 4.12. The van der Waals surface area contributed by atoms with Crippen molar-refractivity contribution in [3.8, 4) is 5.75 Å². The molecule has 0 aliphatic carbocycles. The summed E-state index contributed by atoms with van der Waals surface area (Å²) in [5, 5.41) is 0. The lowest BCUT2D eigenvalue weighted by Crippen LogP contribution is -2.22. The summed E-state index contributed by atoms with van der Waals surface area (Å²) >= 11 is 0. The third-order valence-electron chi connectivity index (χ3n) is 2.72. The average Bonchev–Trinajstić information content (AvgIpc) is 2.47. The van der Waals surface area contributed by atoms with E-state index in [0.29, 0.717) is 12.4 Å². The van der Waals surface area contributed by atoms with Crippen LogP contribution in [-0.2, 0) is 6.54 Å². The summed E-state index contributed by atoms with van der Waals surface area (Å²) in [6, 6.07) is 11.9. The fourth-order valence-corrected chi connectivity index (χ4v) is 1.79. The van der Waals surface area contributed by atoms with Crippen molar-refractivity contribution in [3.63, 3.8) is 0 Å². The largest absolute Gasteiger partial charge is 0.493 e. The molecule has 0 bridgehead atoms. The second kappa shape index (κ2) is 6.86. The molecule has 20 heavy (non-hydrogen) atoms. The van der Waals surface area contributed by atoms with E-state index in [2.05, 4.69) is 10.9 Å². The van der Waals surface area contributed by atoms with Gasteiger partial charge in [0.25, 0.3) is 0 Å². The first kappa shape index (κ1) is 14.3. The van der Waals surface area contributed by atoms with Crippen molar-refractivity contribution in [1.82, 2.24) is 5.43 Å². The van der Waals surface area contributed by atoms with E-state index in [0.717, 1.165) is 11.8 Å². The standard InChI is InChI=1S/C15H16F2N2O/c1-2-20-14-9-8-13(16)15(17)12(14)10-18-19-11-6-4-3-5-7-11/h3-9,18-19H,2,10H2,1H3. The smallest absolute Gasteiger partial charge is 0.167 e. The van der Waals surface area contributed by atoms with Crippen molar-refractivity contribution < 1.29 is 13.5 Å². The second-order valence-electron chi connectivity index (χ2n) is 4.12. The van der Waals surface area contributed by atoms with Crippen LogP contribution in [0.15, 0.2) is 42.5 Å². The van der Waals surface area contributed by atoms with Gasteiger partial charge in [0, 0.05) is 17.8 Å². The summed E-state index contributed by atoms with van der Waals surface area (Å²) < 4.78 is 32.4.